The van der Waals surface area contributed by atoms with Gasteiger partial charge in [0.05, 0.1) is 12.2 Å². The molecule has 0 spiro atoms. The highest BCUT2D eigenvalue weighted by Crippen LogP contribution is 2.45. The van der Waals surface area contributed by atoms with Gasteiger partial charge in [-0.3, -0.25) is 0 Å². The molecule has 1 nitrogen and oxygen atoms in total. The summed E-state index contributed by atoms with van der Waals surface area (Å²) in [6, 6.07) is 17.5. The molecule has 126 valence electrons. The van der Waals surface area contributed by atoms with Crippen LogP contribution in [0.3, 0.4) is 0 Å². The number of hydrogen-bond donors (Lipinski definition) is 0. The number of fused-ring (bicyclic) bond motifs is 1. The zero-order chi connectivity index (χ0) is 17.3. The van der Waals surface area contributed by atoms with E-state index in [1.807, 2.05) is 0 Å². The van der Waals surface area contributed by atoms with Gasteiger partial charge in [-0.2, -0.15) is 0 Å². The van der Waals surface area contributed by atoms with Gasteiger partial charge in [0.25, 0.3) is 0 Å². The second-order valence-electron chi connectivity index (χ2n) is 7.96. The monoisotopic (exact) mass is 320 g/mol. The van der Waals surface area contributed by atoms with E-state index in [-0.39, 0.29) is 5.60 Å². The molecule has 1 atom stereocenters. The molecule has 0 saturated heterocycles. The third-order valence-electron chi connectivity index (χ3n) is 4.63. The summed E-state index contributed by atoms with van der Waals surface area (Å²) in [6.45, 7) is 11.6. The topological polar surface area (TPSA) is 9.23 Å². The van der Waals surface area contributed by atoms with E-state index in [1.54, 1.807) is 0 Å². The Balaban J connectivity index is 2.05. The Morgan fingerprint density at radius 3 is 2.29 bits per heavy atom. The lowest BCUT2D eigenvalue weighted by Crippen LogP contribution is -2.19. The van der Waals surface area contributed by atoms with Gasteiger partial charge in [-0.05, 0) is 48.9 Å². The van der Waals surface area contributed by atoms with Gasteiger partial charge in [-0.1, -0.05) is 74.0 Å². The summed E-state index contributed by atoms with van der Waals surface area (Å²) < 4.78 is 6.10. The van der Waals surface area contributed by atoms with Crippen molar-refractivity contribution in [1.82, 2.24) is 0 Å². The van der Waals surface area contributed by atoms with Gasteiger partial charge >= 0.3 is 0 Å². The molecule has 2 aromatic carbocycles. The molecule has 24 heavy (non-hydrogen) atoms. The molecule has 2 aromatic rings. The van der Waals surface area contributed by atoms with Crippen molar-refractivity contribution in [3.63, 3.8) is 0 Å². The molecule has 0 heterocycles. The first-order valence-electron chi connectivity index (χ1n) is 8.89. The Bertz CT molecular complexity index is 732. The van der Waals surface area contributed by atoms with E-state index in [0.717, 1.165) is 0 Å². The van der Waals surface area contributed by atoms with Crippen LogP contribution in [-0.4, -0.2) is 5.60 Å². The van der Waals surface area contributed by atoms with E-state index >= 15 is 0 Å². The summed E-state index contributed by atoms with van der Waals surface area (Å²) in [5.74, 6) is 0.875. The van der Waals surface area contributed by atoms with Gasteiger partial charge in [0.2, 0.25) is 0 Å². The van der Waals surface area contributed by atoms with Crippen molar-refractivity contribution in [3.8, 4) is 0 Å². The van der Waals surface area contributed by atoms with Crippen molar-refractivity contribution in [2.45, 2.75) is 52.7 Å². The Morgan fingerprint density at radius 2 is 1.67 bits per heavy atom. The highest BCUT2D eigenvalue weighted by Gasteiger charge is 2.30. The third kappa shape index (κ3) is 3.47. The smallest absolute Gasteiger partial charge is 0.0727 e. The van der Waals surface area contributed by atoms with Crippen LogP contribution >= 0.6 is 0 Å². The lowest BCUT2D eigenvalue weighted by atomic mass is 9.82. The molecule has 0 bridgehead atoms. The van der Waals surface area contributed by atoms with Crippen molar-refractivity contribution in [2.75, 3.05) is 0 Å². The van der Waals surface area contributed by atoms with Gasteiger partial charge in [-0.25, -0.2) is 0 Å². The van der Waals surface area contributed by atoms with Crippen LogP contribution in [0.15, 0.2) is 54.1 Å². The highest BCUT2D eigenvalue weighted by atomic mass is 16.5. The lowest BCUT2D eigenvalue weighted by Gasteiger charge is -2.25. The standard InChI is InChI=1S/C23H28O/c1-16(2)20-14-18-12-9-13-19(15-24-23(3,4)5)21(18)22(20)17-10-7-6-8-11-17/h6-14,16,22H,15H2,1-5H3. The molecule has 1 unspecified atom stereocenters. The highest BCUT2D eigenvalue weighted by molar-refractivity contribution is 5.71. The first kappa shape index (κ1) is 17.0. The van der Waals surface area contributed by atoms with E-state index < -0.39 is 0 Å². The predicted molar refractivity (Wildman–Crippen MR) is 102 cm³/mol. The second kappa shape index (κ2) is 6.57. The van der Waals surface area contributed by atoms with Gasteiger partial charge in [0, 0.05) is 5.92 Å². The molecule has 0 radical (unpaired) electrons. The maximum Gasteiger partial charge on any atom is 0.0727 e. The summed E-state index contributed by atoms with van der Waals surface area (Å²) >= 11 is 0. The first-order valence-corrected chi connectivity index (χ1v) is 8.89. The fraction of sp³-hybridized carbons (Fsp3) is 0.391. The van der Waals surface area contributed by atoms with E-state index in [4.69, 9.17) is 4.74 Å². The van der Waals surface area contributed by atoms with Crippen molar-refractivity contribution in [2.24, 2.45) is 5.92 Å². The fourth-order valence-corrected chi connectivity index (χ4v) is 3.47. The molecule has 0 amide bonds. The summed E-state index contributed by atoms with van der Waals surface area (Å²) in [5.41, 5.74) is 6.83. The van der Waals surface area contributed by atoms with E-state index in [0.29, 0.717) is 18.4 Å². The van der Waals surface area contributed by atoms with Crippen molar-refractivity contribution >= 4 is 6.08 Å². The average molecular weight is 320 g/mol. The number of rotatable bonds is 4. The number of ether oxygens (including phenoxy) is 1. The zero-order valence-electron chi connectivity index (χ0n) is 15.5. The maximum atomic E-state index is 6.10. The van der Waals surface area contributed by atoms with E-state index in [2.05, 4.69) is 89.2 Å². The Hall–Kier alpha value is -1.86. The molecule has 0 aliphatic heterocycles. The molecule has 0 aromatic heterocycles. The average Bonchev–Trinajstić information content (AvgIpc) is 2.93. The maximum absolute atomic E-state index is 6.10. The summed E-state index contributed by atoms with van der Waals surface area (Å²) in [5, 5.41) is 0. The molecular formula is C23H28O. The van der Waals surface area contributed by atoms with E-state index in [1.165, 1.54) is 27.8 Å². The summed E-state index contributed by atoms with van der Waals surface area (Å²) in [6.07, 6.45) is 2.39. The Morgan fingerprint density at radius 1 is 0.958 bits per heavy atom. The van der Waals surface area contributed by atoms with Crippen LogP contribution in [0.5, 0.6) is 0 Å². The molecular weight excluding hydrogens is 292 g/mol. The Labute approximate surface area is 146 Å². The van der Waals surface area contributed by atoms with Crippen LogP contribution < -0.4 is 0 Å². The van der Waals surface area contributed by atoms with E-state index in [9.17, 15) is 0 Å². The quantitative estimate of drug-likeness (QED) is 0.653. The number of benzene rings is 2. The summed E-state index contributed by atoms with van der Waals surface area (Å²) in [4.78, 5) is 0. The molecule has 1 aliphatic rings. The minimum absolute atomic E-state index is 0.127. The minimum atomic E-state index is -0.127. The zero-order valence-corrected chi connectivity index (χ0v) is 15.5. The van der Waals surface area contributed by atoms with Crippen LogP contribution in [0, 0.1) is 5.92 Å². The SMILES string of the molecule is CC(C)C1=Cc2cccc(COC(C)(C)C)c2C1c1ccccc1. The van der Waals surface area contributed by atoms with Crippen LogP contribution in [0.1, 0.15) is 62.8 Å². The van der Waals surface area contributed by atoms with Crippen LogP contribution in [0.25, 0.3) is 6.08 Å². The van der Waals surface area contributed by atoms with Crippen LogP contribution in [-0.2, 0) is 11.3 Å². The summed E-state index contributed by atoms with van der Waals surface area (Å²) in [7, 11) is 0. The van der Waals surface area contributed by atoms with Crippen molar-refractivity contribution in [3.05, 3.63) is 76.4 Å². The van der Waals surface area contributed by atoms with Crippen molar-refractivity contribution < 1.29 is 4.74 Å². The molecule has 0 fully saturated rings. The van der Waals surface area contributed by atoms with Crippen molar-refractivity contribution in [1.29, 1.82) is 0 Å². The second-order valence-corrected chi connectivity index (χ2v) is 7.96. The third-order valence-corrected chi connectivity index (χ3v) is 4.63. The van der Waals surface area contributed by atoms with Crippen LogP contribution in [0.4, 0.5) is 0 Å². The fourth-order valence-electron chi connectivity index (χ4n) is 3.47. The first-order chi connectivity index (χ1) is 11.4. The molecule has 1 heteroatoms. The normalized spacial score (nSPS) is 17.1. The van der Waals surface area contributed by atoms with Gasteiger partial charge in [0.15, 0.2) is 0 Å². The number of allylic oxidation sites excluding steroid dienone is 1. The Kier molecular flexibility index (Phi) is 4.64. The molecule has 0 saturated carbocycles. The largest absolute Gasteiger partial charge is 0.371 e. The van der Waals surface area contributed by atoms with Gasteiger partial charge in [-0.15, -0.1) is 0 Å². The van der Waals surface area contributed by atoms with Gasteiger partial charge in [0.1, 0.15) is 0 Å². The minimum Gasteiger partial charge on any atom is -0.371 e. The van der Waals surface area contributed by atoms with Gasteiger partial charge < -0.3 is 4.74 Å². The molecule has 0 N–H and O–H groups in total. The lowest BCUT2D eigenvalue weighted by molar-refractivity contribution is -0.0152. The van der Waals surface area contributed by atoms with Crippen LogP contribution in [0.2, 0.25) is 0 Å². The molecule has 3 rings (SSSR count). The predicted octanol–water partition coefficient (Wildman–Crippen LogP) is 6.19. The molecule has 1 aliphatic carbocycles. The number of hydrogen-bond acceptors (Lipinski definition) is 1.